The summed E-state index contributed by atoms with van der Waals surface area (Å²) in [7, 11) is 0. The Hall–Kier alpha value is -3.14. The van der Waals surface area contributed by atoms with Crippen molar-refractivity contribution in [3.8, 4) is 0 Å². The van der Waals surface area contributed by atoms with Gasteiger partial charge in [0.1, 0.15) is 0 Å². The lowest BCUT2D eigenvalue weighted by Gasteiger charge is -2.12. The summed E-state index contributed by atoms with van der Waals surface area (Å²) in [5.41, 5.74) is -0.778. The van der Waals surface area contributed by atoms with Crippen LogP contribution in [-0.4, -0.2) is 21.0 Å². The summed E-state index contributed by atoms with van der Waals surface area (Å²) in [5, 5.41) is 10.0. The summed E-state index contributed by atoms with van der Waals surface area (Å²) >= 11 is 0.546. The Labute approximate surface area is 160 Å². The first kappa shape index (κ1) is 19.6. The second kappa shape index (κ2) is 7.47. The van der Waals surface area contributed by atoms with Crippen molar-refractivity contribution in [2.45, 2.75) is 12.7 Å². The number of imide groups is 1. The molecule has 0 saturated carbocycles. The number of hydrogen-bond donors (Lipinski definition) is 0. The highest BCUT2D eigenvalue weighted by molar-refractivity contribution is 8.18. The van der Waals surface area contributed by atoms with Crippen molar-refractivity contribution in [3.63, 3.8) is 0 Å². The van der Waals surface area contributed by atoms with Gasteiger partial charge in [-0.25, -0.2) is 0 Å². The first-order valence-electron chi connectivity index (χ1n) is 7.82. The van der Waals surface area contributed by atoms with Gasteiger partial charge in [-0.15, -0.1) is 0 Å². The van der Waals surface area contributed by atoms with Gasteiger partial charge in [0.25, 0.3) is 16.8 Å². The number of benzene rings is 2. The van der Waals surface area contributed by atoms with Crippen molar-refractivity contribution in [2.24, 2.45) is 0 Å². The smallest absolute Gasteiger partial charge is 0.268 e. The van der Waals surface area contributed by atoms with E-state index in [-0.39, 0.29) is 22.7 Å². The molecule has 1 aliphatic rings. The number of thioether (sulfide) groups is 1. The van der Waals surface area contributed by atoms with Gasteiger partial charge < -0.3 is 0 Å². The Balaban J connectivity index is 1.84. The highest BCUT2D eigenvalue weighted by atomic mass is 32.2. The molecular weight excluding hydrogens is 397 g/mol. The fraction of sp³-hybridized carbons (Fsp3) is 0.111. The van der Waals surface area contributed by atoms with Crippen LogP contribution in [0.4, 0.5) is 23.7 Å². The van der Waals surface area contributed by atoms with Crippen LogP contribution in [0.25, 0.3) is 6.08 Å². The normalized spacial score (nSPS) is 16.1. The second-order valence-corrected chi connectivity index (χ2v) is 6.77. The quantitative estimate of drug-likeness (QED) is 0.410. The van der Waals surface area contributed by atoms with Gasteiger partial charge in [0.05, 0.1) is 21.9 Å². The lowest BCUT2D eigenvalue weighted by atomic mass is 10.1. The SMILES string of the molecule is O=C1S/C(=C\c2ccccc2C(F)(F)F)C(=O)N1Cc1ccc([N+](=O)[O-])cc1. The molecule has 0 N–H and O–H groups in total. The van der Waals surface area contributed by atoms with Crippen LogP contribution < -0.4 is 0 Å². The predicted molar refractivity (Wildman–Crippen MR) is 96.1 cm³/mol. The number of hydrogen-bond acceptors (Lipinski definition) is 5. The maximum absolute atomic E-state index is 13.1. The number of rotatable bonds is 4. The third-order valence-corrected chi connectivity index (χ3v) is 4.82. The molecule has 0 atom stereocenters. The monoisotopic (exact) mass is 408 g/mol. The van der Waals surface area contributed by atoms with Crippen molar-refractivity contribution >= 4 is 34.7 Å². The third-order valence-electron chi connectivity index (χ3n) is 3.91. The van der Waals surface area contributed by atoms with Gasteiger partial charge in [0.15, 0.2) is 0 Å². The number of nitrogens with zero attached hydrogens (tertiary/aromatic N) is 2. The molecule has 1 heterocycles. The number of halogens is 3. The zero-order chi connectivity index (χ0) is 20.5. The first-order valence-corrected chi connectivity index (χ1v) is 8.63. The molecule has 2 aromatic carbocycles. The minimum absolute atomic E-state index is 0.122. The van der Waals surface area contributed by atoms with Gasteiger partial charge in [-0.3, -0.25) is 24.6 Å². The van der Waals surface area contributed by atoms with Crippen molar-refractivity contribution in [3.05, 3.63) is 80.2 Å². The van der Waals surface area contributed by atoms with Gasteiger partial charge >= 0.3 is 6.18 Å². The Morgan fingerprint density at radius 1 is 1.07 bits per heavy atom. The van der Waals surface area contributed by atoms with Crippen molar-refractivity contribution < 1.29 is 27.7 Å². The average Bonchev–Trinajstić information content (AvgIpc) is 2.89. The van der Waals surface area contributed by atoms with Gasteiger partial charge in [0, 0.05) is 12.1 Å². The molecule has 1 fully saturated rings. The van der Waals surface area contributed by atoms with E-state index in [1.54, 1.807) is 0 Å². The van der Waals surface area contributed by atoms with Crippen LogP contribution >= 0.6 is 11.8 Å². The molecule has 1 saturated heterocycles. The fourth-order valence-electron chi connectivity index (χ4n) is 2.56. The molecular formula is C18H11F3N2O4S. The maximum atomic E-state index is 13.1. The van der Waals surface area contributed by atoms with E-state index in [2.05, 4.69) is 0 Å². The lowest BCUT2D eigenvalue weighted by molar-refractivity contribution is -0.384. The summed E-state index contributed by atoms with van der Waals surface area (Å²) in [6.45, 7) is -0.138. The number of carbonyl (C=O) groups is 2. The number of alkyl halides is 3. The van der Waals surface area contributed by atoms with Crippen LogP contribution in [-0.2, 0) is 17.5 Å². The summed E-state index contributed by atoms with van der Waals surface area (Å²) in [6, 6.07) is 10.0. The minimum Gasteiger partial charge on any atom is -0.268 e. The van der Waals surface area contributed by atoms with E-state index >= 15 is 0 Å². The summed E-state index contributed by atoms with van der Waals surface area (Å²) in [6.07, 6.45) is -3.55. The van der Waals surface area contributed by atoms with E-state index in [1.165, 1.54) is 42.5 Å². The molecule has 1 aliphatic heterocycles. The van der Waals surface area contributed by atoms with E-state index in [0.717, 1.165) is 17.0 Å². The molecule has 144 valence electrons. The number of carbonyl (C=O) groups excluding carboxylic acids is 2. The lowest BCUT2D eigenvalue weighted by Crippen LogP contribution is -2.27. The van der Waals surface area contributed by atoms with Gasteiger partial charge in [-0.2, -0.15) is 13.2 Å². The van der Waals surface area contributed by atoms with Crippen molar-refractivity contribution in [1.29, 1.82) is 0 Å². The molecule has 0 bridgehead atoms. The van der Waals surface area contributed by atoms with Crippen LogP contribution in [0.15, 0.2) is 53.4 Å². The molecule has 10 heteroatoms. The van der Waals surface area contributed by atoms with Crippen LogP contribution in [0, 0.1) is 10.1 Å². The molecule has 6 nitrogen and oxygen atoms in total. The van der Waals surface area contributed by atoms with Crippen molar-refractivity contribution in [1.82, 2.24) is 4.90 Å². The van der Waals surface area contributed by atoms with Crippen molar-refractivity contribution in [2.75, 3.05) is 0 Å². The van der Waals surface area contributed by atoms with E-state index < -0.39 is 27.8 Å². The van der Waals surface area contributed by atoms with E-state index in [9.17, 15) is 32.9 Å². The minimum atomic E-state index is -4.59. The molecule has 0 radical (unpaired) electrons. The summed E-state index contributed by atoms with van der Waals surface area (Å²) in [5.74, 6) is -0.717. The standard InChI is InChI=1S/C18H11F3N2O4S/c19-18(20,21)14-4-2-1-3-12(14)9-15-16(24)22(17(25)28-15)10-11-5-7-13(8-6-11)23(26)27/h1-9H,10H2/b15-9-. The largest absolute Gasteiger partial charge is 0.416 e. The van der Waals surface area contributed by atoms with Gasteiger partial charge in [-0.1, -0.05) is 30.3 Å². The Morgan fingerprint density at radius 2 is 1.71 bits per heavy atom. The molecule has 0 unspecified atom stereocenters. The third kappa shape index (κ3) is 4.06. The Kier molecular flexibility index (Phi) is 5.23. The molecule has 28 heavy (non-hydrogen) atoms. The Morgan fingerprint density at radius 3 is 2.32 bits per heavy atom. The number of amides is 2. The number of nitro groups is 1. The molecule has 2 aromatic rings. The Bertz CT molecular complexity index is 987. The van der Waals surface area contributed by atoms with E-state index in [4.69, 9.17) is 0 Å². The summed E-state index contributed by atoms with van der Waals surface area (Å²) in [4.78, 5) is 35.5. The topological polar surface area (TPSA) is 80.5 Å². The van der Waals surface area contributed by atoms with Crippen LogP contribution in [0.5, 0.6) is 0 Å². The van der Waals surface area contributed by atoms with E-state index in [0.29, 0.717) is 17.3 Å². The van der Waals surface area contributed by atoms with Crippen LogP contribution in [0.2, 0.25) is 0 Å². The van der Waals surface area contributed by atoms with Gasteiger partial charge in [-0.05, 0) is 35.0 Å². The predicted octanol–water partition coefficient (Wildman–Crippen LogP) is 4.85. The zero-order valence-corrected chi connectivity index (χ0v) is 14.8. The maximum Gasteiger partial charge on any atom is 0.416 e. The molecule has 0 aromatic heterocycles. The second-order valence-electron chi connectivity index (χ2n) is 5.78. The fourth-order valence-corrected chi connectivity index (χ4v) is 3.39. The van der Waals surface area contributed by atoms with Gasteiger partial charge in [0.2, 0.25) is 0 Å². The molecule has 3 rings (SSSR count). The zero-order valence-electron chi connectivity index (χ0n) is 14.0. The highest BCUT2D eigenvalue weighted by Gasteiger charge is 2.37. The summed E-state index contributed by atoms with van der Waals surface area (Å²) < 4.78 is 39.3. The first-order chi connectivity index (χ1) is 13.2. The van der Waals surface area contributed by atoms with Crippen LogP contribution in [0.1, 0.15) is 16.7 Å². The molecule has 2 amide bonds. The number of non-ortho nitro benzene ring substituents is 1. The molecule has 0 aliphatic carbocycles. The number of nitro benzene ring substituents is 1. The highest BCUT2D eigenvalue weighted by Crippen LogP contribution is 2.37. The molecule has 0 spiro atoms. The van der Waals surface area contributed by atoms with Crippen LogP contribution in [0.3, 0.4) is 0 Å². The average molecular weight is 408 g/mol. The van der Waals surface area contributed by atoms with E-state index in [1.807, 2.05) is 0 Å².